The van der Waals surface area contributed by atoms with Crippen molar-refractivity contribution in [2.75, 3.05) is 0 Å². The average Bonchev–Trinajstić information content (AvgIpc) is 2.27. The Morgan fingerprint density at radius 3 is 1.12 bits per heavy atom. The van der Waals surface area contributed by atoms with Crippen molar-refractivity contribution >= 4 is 18.4 Å². The Bertz CT molecular complexity index is 157. The molecule has 0 bridgehead atoms. The second kappa shape index (κ2) is 8.82. The summed E-state index contributed by atoms with van der Waals surface area (Å²) in [5, 5.41) is 0. The molecule has 0 spiro atoms. The van der Waals surface area contributed by atoms with E-state index in [1.54, 1.807) is 13.3 Å². The molecule has 0 aromatic heterocycles. The molecule has 0 heterocycles. The van der Waals surface area contributed by atoms with E-state index in [-0.39, 0.29) is 0 Å². The first-order valence-electron chi connectivity index (χ1n) is 7.93. The molecule has 0 aromatic carbocycles. The molecule has 0 amide bonds. The Labute approximate surface area is 115 Å². The molecule has 0 aliphatic carbocycles. The van der Waals surface area contributed by atoms with Crippen molar-refractivity contribution in [1.29, 1.82) is 0 Å². The van der Waals surface area contributed by atoms with Gasteiger partial charge >= 0.3 is 115 Å². The normalized spacial score (nSPS) is 13.1. The van der Waals surface area contributed by atoms with E-state index in [1.165, 1.54) is 38.5 Å². The van der Waals surface area contributed by atoms with Crippen molar-refractivity contribution in [1.82, 2.24) is 0 Å². The van der Waals surface area contributed by atoms with Crippen molar-refractivity contribution < 1.29 is 0 Å². The average molecular weight is 347 g/mol. The zero-order valence-corrected chi connectivity index (χ0v) is 16.2. The predicted molar refractivity (Wildman–Crippen MR) is 84.6 cm³/mol. The third-order valence-corrected chi connectivity index (χ3v) is 24.9. The standard InChI is InChI=1S/4C4H9.Sn/c1-4(2)3;3*1-3-4-2;/h1-3H3;3*1,3-4H2,2H3;. The van der Waals surface area contributed by atoms with Gasteiger partial charge < -0.3 is 0 Å². The van der Waals surface area contributed by atoms with E-state index in [0.29, 0.717) is 3.43 Å². The molecule has 0 nitrogen and oxygen atoms in total. The van der Waals surface area contributed by atoms with Crippen LogP contribution in [0.1, 0.15) is 80.1 Å². The fourth-order valence-corrected chi connectivity index (χ4v) is 20.4. The van der Waals surface area contributed by atoms with E-state index in [9.17, 15) is 0 Å². The number of hydrogen-bond acceptors (Lipinski definition) is 0. The molecule has 0 aliphatic rings. The summed E-state index contributed by atoms with van der Waals surface area (Å²) in [5.74, 6) is 0. The first kappa shape index (κ1) is 17.8. The van der Waals surface area contributed by atoms with Crippen molar-refractivity contribution in [3.8, 4) is 0 Å². The molecule has 104 valence electrons. The van der Waals surface area contributed by atoms with Gasteiger partial charge in [-0.05, 0) is 0 Å². The summed E-state index contributed by atoms with van der Waals surface area (Å²) in [6.07, 6.45) is 8.69. The van der Waals surface area contributed by atoms with Crippen LogP contribution in [0.5, 0.6) is 0 Å². The topological polar surface area (TPSA) is 0 Å². The van der Waals surface area contributed by atoms with Gasteiger partial charge in [-0.1, -0.05) is 0 Å². The number of unbranched alkanes of at least 4 members (excludes halogenated alkanes) is 3. The first-order valence-corrected chi connectivity index (χ1v) is 15.4. The van der Waals surface area contributed by atoms with Crippen LogP contribution in [0, 0.1) is 0 Å². The van der Waals surface area contributed by atoms with Crippen molar-refractivity contribution in [2.24, 2.45) is 0 Å². The molecule has 0 aliphatic heterocycles. The molecule has 0 N–H and O–H groups in total. The quantitative estimate of drug-likeness (QED) is 0.410. The molecule has 0 atom stereocenters. The Morgan fingerprint density at radius 1 is 0.647 bits per heavy atom. The van der Waals surface area contributed by atoms with Gasteiger partial charge in [0.25, 0.3) is 0 Å². The predicted octanol–water partition coefficient (Wildman–Crippen LogP) is 6.64. The molecule has 17 heavy (non-hydrogen) atoms. The second-order valence-electron chi connectivity index (χ2n) is 6.84. The third-order valence-electron chi connectivity index (χ3n) is 4.62. The zero-order valence-electron chi connectivity index (χ0n) is 13.4. The van der Waals surface area contributed by atoms with Crippen molar-refractivity contribution in [2.45, 2.75) is 96.8 Å². The van der Waals surface area contributed by atoms with Gasteiger partial charge in [-0.2, -0.15) is 0 Å². The SMILES string of the molecule is CCC[CH2][Sn]([CH2]CCC)([CH2]CCC)[C](C)(C)C. The number of hydrogen-bond donors (Lipinski definition) is 0. The molecular formula is C16H36Sn. The summed E-state index contributed by atoms with van der Waals surface area (Å²) >= 11 is -1.91. The molecule has 0 saturated carbocycles. The van der Waals surface area contributed by atoms with E-state index in [0.717, 1.165) is 0 Å². The summed E-state index contributed by atoms with van der Waals surface area (Å²) in [4.78, 5) is 0. The summed E-state index contributed by atoms with van der Waals surface area (Å²) in [5.41, 5.74) is 0. The van der Waals surface area contributed by atoms with Crippen LogP contribution in [0.4, 0.5) is 0 Å². The summed E-state index contributed by atoms with van der Waals surface area (Å²) < 4.78 is 5.62. The van der Waals surface area contributed by atoms with Gasteiger partial charge in [-0.15, -0.1) is 0 Å². The fourth-order valence-electron chi connectivity index (χ4n) is 3.05. The van der Waals surface area contributed by atoms with Crippen LogP contribution < -0.4 is 0 Å². The molecule has 0 unspecified atom stereocenters. The Kier molecular flexibility index (Phi) is 9.24. The van der Waals surface area contributed by atoms with Crippen LogP contribution in [0.3, 0.4) is 0 Å². The van der Waals surface area contributed by atoms with Crippen LogP contribution in [-0.2, 0) is 0 Å². The summed E-state index contributed by atoms with van der Waals surface area (Å²) in [7, 11) is 0. The van der Waals surface area contributed by atoms with Crippen LogP contribution >= 0.6 is 0 Å². The summed E-state index contributed by atoms with van der Waals surface area (Å²) in [6, 6.07) is 0. The van der Waals surface area contributed by atoms with E-state index >= 15 is 0 Å². The van der Waals surface area contributed by atoms with Crippen LogP contribution in [0.15, 0.2) is 0 Å². The molecule has 1 heteroatoms. The Balaban J connectivity index is 4.78. The van der Waals surface area contributed by atoms with Gasteiger partial charge in [0.15, 0.2) is 0 Å². The van der Waals surface area contributed by atoms with Gasteiger partial charge in [0.1, 0.15) is 0 Å². The van der Waals surface area contributed by atoms with Gasteiger partial charge in [-0.3, -0.25) is 0 Å². The van der Waals surface area contributed by atoms with Crippen LogP contribution in [0.25, 0.3) is 0 Å². The van der Waals surface area contributed by atoms with E-state index in [2.05, 4.69) is 41.5 Å². The Morgan fingerprint density at radius 2 is 0.941 bits per heavy atom. The Hall–Kier alpha value is 0.799. The maximum absolute atomic E-state index is 2.56. The van der Waals surface area contributed by atoms with E-state index < -0.39 is 18.4 Å². The minimum atomic E-state index is -1.91. The molecular weight excluding hydrogens is 311 g/mol. The number of rotatable bonds is 9. The fraction of sp³-hybridized carbons (Fsp3) is 1.00. The van der Waals surface area contributed by atoms with Gasteiger partial charge in [0, 0.05) is 0 Å². The molecule has 0 aromatic rings. The third kappa shape index (κ3) is 5.98. The minimum absolute atomic E-state index is 0.675. The second-order valence-corrected chi connectivity index (χ2v) is 22.7. The molecule has 0 saturated heterocycles. The molecule has 0 fully saturated rings. The van der Waals surface area contributed by atoms with Gasteiger partial charge in [0.05, 0.1) is 0 Å². The van der Waals surface area contributed by atoms with Crippen molar-refractivity contribution in [3.63, 3.8) is 0 Å². The van der Waals surface area contributed by atoms with E-state index in [4.69, 9.17) is 0 Å². The zero-order chi connectivity index (χ0) is 13.4. The molecule has 0 rings (SSSR count). The maximum atomic E-state index is 2.56. The molecule has 0 radical (unpaired) electrons. The summed E-state index contributed by atoms with van der Waals surface area (Å²) in [6.45, 7) is 14.8. The van der Waals surface area contributed by atoms with Gasteiger partial charge in [0.2, 0.25) is 0 Å². The van der Waals surface area contributed by atoms with Crippen LogP contribution in [-0.4, -0.2) is 18.4 Å². The van der Waals surface area contributed by atoms with E-state index in [1.807, 2.05) is 0 Å². The first-order chi connectivity index (χ1) is 7.93. The van der Waals surface area contributed by atoms with Crippen LogP contribution in [0.2, 0.25) is 16.7 Å². The van der Waals surface area contributed by atoms with Crippen molar-refractivity contribution in [3.05, 3.63) is 0 Å². The van der Waals surface area contributed by atoms with Gasteiger partial charge in [-0.25, -0.2) is 0 Å². The monoisotopic (exact) mass is 348 g/mol.